The molecule has 0 rings (SSSR count). The summed E-state index contributed by atoms with van der Waals surface area (Å²) in [6.07, 6.45) is 2.51. The van der Waals surface area contributed by atoms with Crippen molar-refractivity contribution in [2.24, 2.45) is 0 Å². The SMILES string of the molecule is CCC[N+](C)(C)CCCS. The average Bonchev–Trinajstić information content (AvgIpc) is 1.84. The first kappa shape index (κ1) is 10.3. The highest BCUT2D eigenvalue weighted by Gasteiger charge is 2.11. The fourth-order valence-electron chi connectivity index (χ4n) is 1.22. The van der Waals surface area contributed by atoms with Crippen molar-refractivity contribution in [1.29, 1.82) is 0 Å². The molecule has 0 amide bonds. The van der Waals surface area contributed by atoms with Gasteiger partial charge < -0.3 is 4.48 Å². The van der Waals surface area contributed by atoms with Crippen LogP contribution < -0.4 is 0 Å². The van der Waals surface area contributed by atoms with Crippen molar-refractivity contribution in [3.63, 3.8) is 0 Å². The molecule has 62 valence electrons. The van der Waals surface area contributed by atoms with Gasteiger partial charge in [-0.3, -0.25) is 0 Å². The van der Waals surface area contributed by atoms with Gasteiger partial charge in [-0.25, -0.2) is 0 Å². The van der Waals surface area contributed by atoms with Crippen LogP contribution in [0.3, 0.4) is 0 Å². The molecule has 0 saturated carbocycles. The molecule has 0 aromatic carbocycles. The van der Waals surface area contributed by atoms with E-state index in [9.17, 15) is 0 Å². The molecular weight excluding hydrogens is 142 g/mol. The molecule has 0 N–H and O–H groups in total. The van der Waals surface area contributed by atoms with Crippen LogP contribution in [0.5, 0.6) is 0 Å². The molecule has 0 aromatic rings. The van der Waals surface area contributed by atoms with E-state index in [1.807, 2.05) is 0 Å². The van der Waals surface area contributed by atoms with Gasteiger partial charge in [0.05, 0.1) is 27.2 Å². The molecule has 0 radical (unpaired) electrons. The smallest absolute Gasteiger partial charge is 0.0790 e. The van der Waals surface area contributed by atoms with Crippen molar-refractivity contribution < 1.29 is 4.48 Å². The number of hydrogen-bond acceptors (Lipinski definition) is 1. The molecule has 0 heterocycles. The molecule has 10 heavy (non-hydrogen) atoms. The highest BCUT2D eigenvalue weighted by Crippen LogP contribution is 2.01. The predicted molar refractivity (Wildman–Crippen MR) is 50.6 cm³/mol. The normalized spacial score (nSPS) is 12.0. The Labute approximate surface area is 70.4 Å². The number of hydrogen-bond donors (Lipinski definition) is 1. The van der Waals surface area contributed by atoms with Gasteiger partial charge in [0.1, 0.15) is 0 Å². The second-order valence-corrected chi connectivity index (χ2v) is 3.91. The topological polar surface area (TPSA) is 0 Å². The summed E-state index contributed by atoms with van der Waals surface area (Å²) in [6, 6.07) is 0. The fourth-order valence-corrected chi connectivity index (χ4v) is 1.36. The van der Waals surface area contributed by atoms with Gasteiger partial charge in [-0.15, -0.1) is 0 Å². The Morgan fingerprint density at radius 1 is 1.20 bits per heavy atom. The largest absolute Gasteiger partial charge is 0.328 e. The lowest BCUT2D eigenvalue weighted by molar-refractivity contribution is -0.890. The highest BCUT2D eigenvalue weighted by atomic mass is 32.1. The zero-order chi connectivity index (χ0) is 8.04. The van der Waals surface area contributed by atoms with E-state index in [2.05, 4.69) is 33.6 Å². The van der Waals surface area contributed by atoms with E-state index >= 15 is 0 Å². The monoisotopic (exact) mass is 162 g/mol. The first-order valence-electron chi connectivity index (χ1n) is 4.05. The van der Waals surface area contributed by atoms with Crippen molar-refractivity contribution in [1.82, 2.24) is 0 Å². The molecule has 0 spiro atoms. The van der Waals surface area contributed by atoms with E-state index in [1.165, 1.54) is 25.9 Å². The van der Waals surface area contributed by atoms with E-state index in [-0.39, 0.29) is 0 Å². The van der Waals surface area contributed by atoms with Gasteiger partial charge in [0.25, 0.3) is 0 Å². The van der Waals surface area contributed by atoms with Crippen LogP contribution in [-0.2, 0) is 0 Å². The van der Waals surface area contributed by atoms with E-state index < -0.39 is 0 Å². The van der Waals surface area contributed by atoms with Crippen molar-refractivity contribution in [2.45, 2.75) is 19.8 Å². The molecule has 0 atom stereocenters. The van der Waals surface area contributed by atoms with Crippen LogP contribution in [0.1, 0.15) is 19.8 Å². The van der Waals surface area contributed by atoms with Crippen LogP contribution >= 0.6 is 12.6 Å². The van der Waals surface area contributed by atoms with Gasteiger partial charge in [0.15, 0.2) is 0 Å². The second-order valence-electron chi connectivity index (χ2n) is 3.46. The molecular formula is C8H20NS+. The number of quaternary nitrogens is 1. The van der Waals surface area contributed by atoms with Crippen LogP contribution in [0, 0.1) is 0 Å². The van der Waals surface area contributed by atoms with Gasteiger partial charge in [0.2, 0.25) is 0 Å². The third kappa shape index (κ3) is 5.12. The van der Waals surface area contributed by atoms with Crippen LogP contribution in [0.15, 0.2) is 0 Å². The Morgan fingerprint density at radius 2 is 1.80 bits per heavy atom. The van der Waals surface area contributed by atoms with Crippen LogP contribution in [0.4, 0.5) is 0 Å². The number of rotatable bonds is 5. The van der Waals surface area contributed by atoms with Gasteiger partial charge >= 0.3 is 0 Å². The van der Waals surface area contributed by atoms with Crippen LogP contribution in [-0.4, -0.2) is 37.4 Å². The summed E-state index contributed by atoms with van der Waals surface area (Å²) in [6.45, 7) is 4.78. The fraction of sp³-hybridized carbons (Fsp3) is 1.00. The summed E-state index contributed by atoms with van der Waals surface area (Å²) in [5, 5.41) is 0. The summed E-state index contributed by atoms with van der Waals surface area (Å²) in [7, 11) is 4.57. The molecule has 0 aromatic heterocycles. The van der Waals surface area contributed by atoms with Crippen molar-refractivity contribution in [3.8, 4) is 0 Å². The Balaban J connectivity index is 3.42. The molecule has 0 saturated heterocycles. The van der Waals surface area contributed by atoms with Crippen molar-refractivity contribution >= 4 is 12.6 Å². The number of thiol groups is 1. The Hall–Kier alpha value is 0.310. The minimum atomic E-state index is 1.02. The predicted octanol–water partition coefficient (Wildman–Crippen LogP) is 1.79. The third-order valence-corrected chi connectivity index (χ3v) is 2.07. The Kier molecular flexibility index (Phi) is 5.18. The Bertz CT molecular complexity index is 81.3. The summed E-state index contributed by atoms with van der Waals surface area (Å²) < 4.78 is 1.15. The maximum atomic E-state index is 4.19. The third-order valence-electron chi connectivity index (χ3n) is 1.75. The average molecular weight is 162 g/mol. The lowest BCUT2D eigenvalue weighted by Crippen LogP contribution is -2.41. The van der Waals surface area contributed by atoms with Crippen molar-refractivity contribution in [2.75, 3.05) is 32.9 Å². The maximum Gasteiger partial charge on any atom is 0.0790 e. The minimum absolute atomic E-state index is 1.02. The Morgan fingerprint density at radius 3 is 2.20 bits per heavy atom. The first-order valence-corrected chi connectivity index (χ1v) is 4.68. The molecule has 2 heteroatoms. The van der Waals surface area contributed by atoms with E-state index in [0.29, 0.717) is 0 Å². The van der Waals surface area contributed by atoms with Gasteiger partial charge in [-0.2, -0.15) is 12.6 Å². The summed E-state index contributed by atoms with van der Waals surface area (Å²) in [5.41, 5.74) is 0. The van der Waals surface area contributed by atoms with Gasteiger partial charge in [0, 0.05) is 6.42 Å². The number of nitrogens with zero attached hydrogens (tertiary/aromatic N) is 1. The summed E-state index contributed by atoms with van der Waals surface area (Å²) in [4.78, 5) is 0. The molecule has 0 aliphatic heterocycles. The molecule has 0 bridgehead atoms. The zero-order valence-corrected chi connectivity index (χ0v) is 8.32. The summed E-state index contributed by atoms with van der Waals surface area (Å²) >= 11 is 4.19. The van der Waals surface area contributed by atoms with Crippen LogP contribution in [0.25, 0.3) is 0 Å². The maximum absolute atomic E-state index is 4.19. The van der Waals surface area contributed by atoms with Crippen molar-refractivity contribution in [3.05, 3.63) is 0 Å². The summed E-state index contributed by atoms with van der Waals surface area (Å²) in [5.74, 6) is 1.02. The van der Waals surface area contributed by atoms with Gasteiger partial charge in [-0.05, 0) is 12.2 Å². The highest BCUT2D eigenvalue weighted by molar-refractivity contribution is 7.80. The van der Waals surface area contributed by atoms with E-state index in [1.54, 1.807) is 0 Å². The minimum Gasteiger partial charge on any atom is -0.328 e. The standard InChI is InChI=1S/C8H19NS/c1-4-6-9(2,3)7-5-8-10/h4-8H2,1-3H3/p+1. The van der Waals surface area contributed by atoms with Crippen LogP contribution in [0.2, 0.25) is 0 Å². The lowest BCUT2D eigenvalue weighted by Gasteiger charge is -2.29. The lowest BCUT2D eigenvalue weighted by atomic mass is 10.3. The molecule has 0 unspecified atom stereocenters. The van der Waals surface area contributed by atoms with E-state index in [4.69, 9.17) is 0 Å². The quantitative estimate of drug-likeness (QED) is 0.462. The second kappa shape index (κ2) is 5.03. The first-order chi connectivity index (χ1) is 4.62. The molecule has 1 nitrogen and oxygen atoms in total. The zero-order valence-electron chi connectivity index (χ0n) is 7.43. The van der Waals surface area contributed by atoms with Gasteiger partial charge in [-0.1, -0.05) is 6.92 Å². The molecule has 0 aliphatic rings. The molecule has 0 aliphatic carbocycles. The van der Waals surface area contributed by atoms with E-state index in [0.717, 1.165) is 10.2 Å². The molecule has 0 fully saturated rings.